The van der Waals surface area contributed by atoms with Crippen molar-refractivity contribution in [2.45, 2.75) is 51.1 Å². The van der Waals surface area contributed by atoms with Crippen LogP contribution in [0.2, 0.25) is 5.15 Å². The van der Waals surface area contributed by atoms with Crippen LogP contribution in [0.25, 0.3) is 0 Å². The molecule has 2 unspecified atom stereocenters. The van der Waals surface area contributed by atoms with Crippen LogP contribution in [-0.2, 0) is 13.6 Å². The number of fused-ring (bicyclic) bond motifs is 1. The molecule has 0 spiro atoms. The van der Waals surface area contributed by atoms with Crippen molar-refractivity contribution < 1.29 is 0 Å². The fourth-order valence-electron chi connectivity index (χ4n) is 3.68. The first-order valence-corrected chi connectivity index (χ1v) is 7.53. The number of piperidine rings is 1. The molecule has 0 N–H and O–H groups in total. The van der Waals surface area contributed by atoms with Gasteiger partial charge in [0.25, 0.3) is 0 Å². The Morgan fingerprint density at radius 2 is 2.06 bits per heavy atom. The van der Waals surface area contributed by atoms with Gasteiger partial charge in [-0.1, -0.05) is 24.4 Å². The lowest BCUT2D eigenvalue weighted by Crippen LogP contribution is -2.46. The summed E-state index contributed by atoms with van der Waals surface area (Å²) >= 11 is 6.07. The summed E-state index contributed by atoms with van der Waals surface area (Å²) in [6.45, 7) is 2.19. The SMILES string of the molecule is Cn1c(Cl)cnc1CN1CCCC2CCCCC21. The van der Waals surface area contributed by atoms with Gasteiger partial charge in [0, 0.05) is 13.1 Å². The van der Waals surface area contributed by atoms with Crippen LogP contribution in [0.3, 0.4) is 0 Å². The van der Waals surface area contributed by atoms with Crippen LogP contribution in [0, 0.1) is 5.92 Å². The molecule has 1 aromatic rings. The minimum absolute atomic E-state index is 0.738. The number of nitrogens with zero attached hydrogens (tertiary/aromatic N) is 3. The zero-order valence-corrected chi connectivity index (χ0v) is 11.9. The average Bonchev–Trinajstić information content (AvgIpc) is 2.71. The second-order valence-electron chi connectivity index (χ2n) is 5.78. The van der Waals surface area contributed by atoms with Crippen molar-refractivity contribution in [2.75, 3.05) is 6.54 Å². The summed E-state index contributed by atoms with van der Waals surface area (Å²) in [5, 5.41) is 0.738. The molecule has 2 atom stereocenters. The van der Waals surface area contributed by atoms with E-state index in [9.17, 15) is 0 Å². The summed E-state index contributed by atoms with van der Waals surface area (Å²) in [6.07, 6.45) is 10.2. The molecule has 2 aliphatic rings. The molecule has 1 aliphatic carbocycles. The Morgan fingerprint density at radius 3 is 2.83 bits per heavy atom. The minimum Gasteiger partial charge on any atom is -0.321 e. The van der Waals surface area contributed by atoms with Gasteiger partial charge < -0.3 is 4.57 Å². The largest absolute Gasteiger partial charge is 0.321 e. The monoisotopic (exact) mass is 267 g/mol. The molecule has 1 saturated heterocycles. The quantitative estimate of drug-likeness (QED) is 0.820. The molecule has 0 amide bonds. The van der Waals surface area contributed by atoms with E-state index in [0.717, 1.165) is 29.5 Å². The molecule has 2 fully saturated rings. The predicted octanol–water partition coefficient (Wildman–Crippen LogP) is 3.23. The Balaban J connectivity index is 1.73. The van der Waals surface area contributed by atoms with Crippen molar-refractivity contribution in [2.24, 2.45) is 13.0 Å². The van der Waals surface area contributed by atoms with Crippen molar-refractivity contribution in [3.05, 3.63) is 17.2 Å². The van der Waals surface area contributed by atoms with Gasteiger partial charge in [-0.3, -0.25) is 4.90 Å². The van der Waals surface area contributed by atoms with Crippen molar-refractivity contribution in [3.63, 3.8) is 0 Å². The summed E-state index contributed by atoms with van der Waals surface area (Å²) in [5.74, 6) is 2.04. The minimum atomic E-state index is 0.738. The first-order valence-electron chi connectivity index (χ1n) is 7.16. The Bertz CT molecular complexity index is 413. The molecule has 0 radical (unpaired) electrons. The van der Waals surface area contributed by atoms with Crippen LogP contribution in [0.1, 0.15) is 44.3 Å². The zero-order chi connectivity index (χ0) is 12.5. The van der Waals surface area contributed by atoms with E-state index in [-0.39, 0.29) is 0 Å². The second kappa shape index (κ2) is 5.22. The Kier molecular flexibility index (Phi) is 3.62. The number of imidazole rings is 1. The fourth-order valence-corrected chi connectivity index (χ4v) is 3.82. The van der Waals surface area contributed by atoms with Gasteiger partial charge in [0.2, 0.25) is 0 Å². The highest BCUT2D eigenvalue weighted by molar-refractivity contribution is 6.29. The highest BCUT2D eigenvalue weighted by Crippen LogP contribution is 2.35. The summed E-state index contributed by atoms with van der Waals surface area (Å²) in [5.41, 5.74) is 0. The van der Waals surface area contributed by atoms with Crippen molar-refractivity contribution in [3.8, 4) is 0 Å². The fraction of sp³-hybridized carbons (Fsp3) is 0.786. The maximum Gasteiger partial charge on any atom is 0.128 e. The van der Waals surface area contributed by atoms with E-state index < -0.39 is 0 Å². The van der Waals surface area contributed by atoms with Crippen LogP contribution in [0.5, 0.6) is 0 Å². The lowest BCUT2D eigenvalue weighted by Gasteiger charge is -2.44. The third-order valence-electron chi connectivity index (χ3n) is 4.73. The maximum atomic E-state index is 6.07. The molecular weight excluding hydrogens is 246 g/mol. The van der Waals surface area contributed by atoms with Crippen LogP contribution in [-0.4, -0.2) is 27.0 Å². The Hall–Kier alpha value is -0.540. The molecule has 100 valence electrons. The highest BCUT2D eigenvalue weighted by atomic mass is 35.5. The van der Waals surface area contributed by atoms with E-state index in [4.69, 9.17) is 11.6 Å². The topological polar surface area (TPSA) is 21.1 Å². The molecule has 0 bridgehead atoms. The van der Waals surface area contributed by atoms with Crippen LogP contribution >= 0.6 is 11.6 Å². The van der Waals surface area contributed by atoms with Crippen LogP contribution in [0.15, 0.2) is 6.20 Å². The van der Waals surface area contributed by atoms with Crippen LogP contribution in [0.4, 0.5) is 0 Å². The molecule has 1 saturated carbocycles. The van der Waals surface area contributed by atoms with Gasteiger partial charge in [-0.25, -0.2) is 4.98 Å². The number of likely N-dealkylation sites (tertiary alicyclic amines) is 1. The number of rotatable bonds is 2. The zero-order valence-electron chi connectivity index (χ0n) is 11.1. The molecular formula is C14H22ClN3. The molecule has 3 nitrogen and oxygen atoms in total. The molecule has 3 rings (SSSR count). The first-order chi connectivity index (χ1) is 8.75. The van der Waals surface area contributed by atoms with E-state index in [1.165, 1.54) is 45.1 Å². The van der Waals surface area contributed by atoms with Gasteiger partial charge in [-0.2, -0.15) is 0 Å². The molecule has 2 heterocycles. The van der Waals surface area contributed by atoms with Gasteiger partial charge in [-0.05, 0) is 38.1 Å². The number of aromatic nitrogens is 2. The Morgan fingerprint density at radius 1 is 1.28 bits per heavy atom. The lowest BCUT2D eigenvalue weighted by atomic mass is 9.78. The smallest absolute Gasteiger partial charge is 0.128 e. The number of hydrogen-bond acceptors (Lipinski definition) is 2. The van der Waals surface area contributed by atoms with Crippen molar-refractivity contribution in [1.82, 2.24) is 14.5 Å². The summed E-state index contributed by atoms with van der Waals surface area (Å²) in [6, 6.07) is 0.794. The molecule has 0 aromatic carbocycles. The molecule has 1 aromatic heterocycles. The number of halogens is 1. The van der Waals surface area contributed by atoms with Crippen LogP contribution < -0.4 is 0 Å². The standard InChI is InChI=1S/C14H22ClN3/c1-17-13(15)9-16-14(17)10-18-8-4-6-11-5-2-3-7-12(11)18/h9,11-12H,2-8,10H2,1H3. The van der Waals surface area contributed by atoms with E-state index >= 15 is 0 Å². The molecule has 1 aliphatic heterocycles. The van der Waals surface area contributed by atoms with Gasteiger partial charge >= 0.3 is 0 Å². The van der Waals surface area contributed by atoms with Gasteiger partial charge in [0.15, 0.2) is 0 Å². The first kappa shape index (κ1) is 12.5. The van der Waals surface area contributed by atoms with E-state index in [1.807, 2.05) is 11.6 Å². The van der Waals surface area contributed by atoms with E-state index in [2.05, 4.69) is 9.88 Å². The average molecular weight is 268 g/mol. The lowest BCUT2D eigenvalue weighted by molar-refractivity contribution is 0.0520. The van der Waals surface area contributed by atoms with E-state index in [0.29, 0.717) is 0 Å². The third-order valence-corrected chi connectivity index (χ3v) is 5.08. The summed E-state index contributed by atoms with van der Waals surface area (Å²) in [7, 11) is 2.01. The molecule has 4 heteroatoms. The van der Waals surface area contributed by atoms with Gasteiger partial charge in [0.1, 0.15) is 11.0 Å². The molecule has 18 heavy (non-hydrogen) atoms. The summed E-state index contributed by atoms with van der Waals surface area (Å²) < 4.78 is 2.01. The van der Waals surface area contributed by atoms with Crippen molar-refractivity contribution >= 4 is 11.6 Å². The normalized spacial score (nSPS) is 29.2. The van der Waals surface area contributed by atoms with Gasteiger partial charge in [-0.15, -0.1) is 0 Å². The summed E-state index contributed by atoms with van der Waals surface area (Å²) in [4.78, 5) is 7.08. The third kappa shape index (κ3) is 2.30. The second-order valence-corrected chi connectivity index (χ2v) is 6.17. The predicted molar refractivity (Wildman–Crippen MR) is 73.6 cm³/mol. The maximum absolute atomic E-state index is 6.07. The van der Waals surface area contributed by atoms with Gasteiger partial charge in [0.05, 0.1) is 12.7 Å². The van der Waals surface area contributed by atoms with E-state index in [1.54, 1.807) is 6.20 Å². The van der Waals surface area contributed by atoms with Crippen molar-refractivity contribution in [1.29, 1.82) is 0 Å². The highest BCUT2D eigenvalue weighted by Gasteiger charge is 2.33. The number of hydrogen-bond donors (Lipinski definition) is 0. The Labute approximate surface area is 114 Å².